The van der Waals surface area contributed by atoms with Crippen LogP contribution in [0.1, 0.15) is 13.3 Å². The van der Waals surface area contributed by atoms with Gasteiger partial charge >= 0.3 is 0 Å². The molecule has 0 saturated carbocycles. The van der Waals surface area contributed by atoms with Crippen LogP contribution in [-0.4, -0.2) is 39.3 Å². The molecule has 0 aromatic heterocycles. The molecule has 0 fully saturated rings. The van der Waals surface area contributed by atoms with Crippen molar-refractivity contribution in [3.63, 3.8) is 0 Å². The summed E-state index contributed by atoms with van der Waals surface area (Å²) >= 11 is 0. The molecule has 2 aromatic carbocycles. The lowest BCUT2D eigenvalue weighted by molar-refractivity contribution is -0.127. The van der Waals surface area contributed by atoms with E-state index in [1.54, 1.807) is 26.2 Å². The van der Waals surface area contributed by atoms with Crippen LogP contribution in [0.5, 0.6) is 11.5 Å². The Labute approximate surface area is 149 Å². The lowest BCUT2D eigenvalue weighted by Gasteiger charge is -2.20. The van der Waals surface area contributed by atoms with Gasteiger partial charge in [-0.1, -0.05) is 24.3 Å². The van der Waals surface area contributed by atoms with E-state index in [-0.39, 0.29) is 5.91 Å². The number of nitrogens with one attached hydrogen (secondary N) is 1. The van der Waals surface area contributed by atoms with Gasteiger partial charge in [0.1, 0.15) is 11.5 Å². The van der Waals surface area contributed by atoms with E-state index < -0.39 is 6.10 Å². The molecule has 1 N–H and O–H groups in total. The Hall–Kier alpha value is -2.69. The van der Waals surface area contributed by atoms with Gasteiger partial charge in [-0.3, -0.25) is 4.79 Å². The van der Waals surface area contributed by atoms with Gasteiger partial charge in [0.05, 0.1) is 7.11 Å². The second kappa shape index (κ2) is 9.57. The highest BCUT2D eigenvalue weighted by Gasteiger charge is 2.14. The number of carbonyl (C=O) groups is 1. The van der Waals surface area contributed by atoms with Gasteiger partial charge in [-0.05, 0) is 37.6 Å². The number of rotatable bonds is 9. The number of para-hydroxylation sites is 1. The minimum absolute atomic E-state index is 0.120. The van der Waals surface area contributed by atoms with Gasteiger partial charge in [-0.15, -0.1) is 0 Å². The molecule has 25 heavy (non-hydrogen) atoms. The molecular weight excluding hydrogens is 316 g/mol. The van der Waals surface area contributed by atoms with E-state index in [1.165, 1.54) is 5.69 Å². The Bertz CT molecular complexity index is 661. The van der Waals surface area contributed by atoms with Crippen molar-refractivity contribution in [2.24, 2.45) is 0 Å². The summed E-state index contributed by atoms with van der Waals surface area (Å²) in [7, 11) is 3.65. The van der Waals surface area contributed by atoms with E-state index in [0.717, 1.165) is 13.0 Å². The van der Waals surface area contributed by atoms with E-state index in [0.29, 0.717) is 18.0 Å². The number of ether oxygens (including phenoxy) is 2. The van der Waals surface area contributed by atoms with Crippen molar-refractivity contribution >= 4 is 11.6 Å². The summed E-state index contributed by atoms with van der Waals surface area (Å²) < 4.78 is 10.8. The standard InChI is InChI=1S/C20H26N2O3/c1-16(25-19-12-7-11-18(15-19)24-3)20(23)21-13-8-14-22(2)17-9-5-4-6-10-17/h4-7,9-12,15-16H,8,13-14H2,1-3H3,(H,21,23). The van der Waals surface area contributed by atoms with Crippen molar-refractivity contribution in [2.45, 2.75) is 19.4 Å². The SMILES string of the molecule is COc1cccc(OC(C)C(=O)NCCCN(C)c2ccccc2)c1. The Kier molecular flexibility index (Phi) is 7.14. The van der Waals surface area contributed by atoms with Crippen molar-refractivity contribution in [3.8, 4) is 11.5 Å². The maximum absolute atomic E-state index is 12.1. The van der Waals surface area contributed by atoms with Gasteiger partial charge in [0.25, 0.3) is 5.91 Å². The first-order chi connectivity index (χ1) is 12.1. The number of amides is 1. The van der Waals surface area contributed by atoms with E-state index in [2.05, 4.69) is 22.3 Å². The number of carbonyl (C=O) groups excluding carboxylic acids is 1. The number of hydrogen-bond donors (Lipinski definition) is 1. The average molecular weight is 342 g/mol. The largest absolute Gasteiger partial charge is 0.497 e. The lowest BCUT2D eigenvalue weighted by Crippen LogP contribution is -2.37. The maximum atomic E-state index is 12.1. The molecule has 0 radical (unpaired) electrons. The van der Waals surface area contributed by atoms with Gasteiger partial charge < -0.3 is 19.7 Å². The summed E-state index contributed by atoms with van der Waals surface area (Å²) in [5.41, 5.74) is 1.17. The van der Waals surface area contributed by atoms with Crippen LogP contribution in [0.3, 0.4) is 0 Å². The fraction of sp³-hybridized carbons (Fsp3) is 0.350. The predicted molar refractivity (Wildman–Crippen MR) is 100 cm³/mol. The highest BCUT2D eigenvalue weighted by atomic mass is 16.5. The molecule has 0 aliphatic carbocycles. The normalized spacial score (nSPS) is 11.5. The third-order valence-electron chi connectivity index (χ3n) is 3.89. The van der Waals surface area contributed by atoms with Crippen LogP contribution in [0.25, 0.3) is 0 Å². The zero-order valence-electron chi connectivity index (χ0n) is 15.1. The molecule has 2 aromatic rings. The first-order valence-corrected chi connectivity index (χ1v) is 8.45. The molecule has 0 saturated heterocycles. The smallest absolute Gasteiger partial charge is 0.260 e. The van der Waals surface area contributed by atoms with Gasteiger partial charge in [0.15, 0.2) is 6.10 Å². The Morgan fingerprint density at radius 2 is 1.84 bits per heavy atom. The summed E-state index contributed by atoms with van der Waals surface area (Å²) in [6.45, 7) is 3.22. The summed E-state index contributed by atoms with van der Waals surface area (Å²) in [6, 6.07) is 17.4. The van der Waals surface area contributed by atoms with Gasteiger partial charge in [0, 0.05) is 31.9 Å². The molecule has 0 bridgehead atoms. The van der Waals surface area contributed by atoms with Crippen LogP contribution >= 0.6 is 0 Å². The molecule has 134 valence electrons. The molecule has 2 rings (SSSR count). The van der Waals surface area contributed by atoms with Crippen molar-refractivity contribution in [2.75, 3.05) is 32.1 Å². The first kappa shape index (κ1) is 18.6. The van der Waals surface area contributed by atoms with Gasteiger partial charge in [-0.2, -0.15) is 0 Å². The highest BCUT2D eigenvalue weighted by Crippen LogP contribution is 2.19. The van der Waals surface area contributed by atoms with Crippen LogP contribution < -0.4 is 19.7 Å². The lowest BCUT2D eigenvalue weighted by atomic mass is 10.3. The minimum Gasteiger partial charge on any atom is -0.497 e. The summed E-state index contributed by atoms with van der Waals surface area (Å²) in [5, 5.41) is 2.92. The molecular formula is C20H26N2O3. The molecule has 1 unspecified atom stereocenters. The number of benzene rings is 2. The van der Waals surface area contributed by atoms with Crippen LogP contribution in [-0.2, 0) is 4.79 Å². The van der Waals surface area contributed by atoms with Crippen LogP contribution in [0.15, 0.2) is 54.6 Å². The zero-order chi connectivity index (χ0) is 18.1. The second-order valence-electron chi connectivity index (χ2n) is 5.84. The number of anilines is 1. The van der Waals surface area contributed by atoms with Gasteiger partial charge in [-0.25, -0.2) is 0 Å². The summed E-state index contributed by atoms with van der Waals surface area (Å²) in [4.78, 5) is 14.3. The van der Waals surface area contributed by atoms with Crippen molar-refractivity contribution in [3.05, 3.63) is 54.6 Å². The van der Waals surface area contributed by atoms with Crippen LogP contribution in [0.2, 0.25) is 0 Å². The number of nitrogens with zero attached hydrogens (tertiary/aromatic N) is 1. The molecule has 0 spiro atoms. The third kappa shape index (κ3) is 6.03. The van der Waals surface area contributed by atoms with Crippen LogP contribution in [0.4, 0.5) is 5.69 Å². The first-order valence-electron chi connectivity index (χ1n) is 8.45. The predicted octanol–water partition coefficient (Wildman–Crippen LogP) is 3.11. The zero-order valence-corrected chi connectivity index (χ0v) is 15.1. The van der Waals surface area contributed by atoms with Crippen molar-refractivity contribution in [1.82, 2.24) is 5.32 Å². The van der Waals surface area contributed by atoms with Gasteiger partial charge in [0.2, 0.25) is 0 Å². The van der Waals surface area contributed by atoms with Crippen LogP contribution in [0, 0.1) is 0 Å². The molecule has 0 aliphatic heterocycles. The van der Waals surface area contributed by atoms with Crippen molar-refractivity contribution < 1.29 is 14.3 Å². The highest BCUT2D eigenvalue weighted by molar-refractivity contribution is 5.80. The average Bonchev–Trinajstić information content (AvgIpc) is 2.65. The van der Waals surface area contributed by atoms with E-state index in [4.69, 9.17) is 9.47 Å². The molecule has 0 aliphatic rings. The molecule has 5 nitrogen and oxygen atoms in total. The molecule has 1 amide bonds. The van der Waals surface area contributed by atoms with E-state index in [1.807, 2.05) is 37.4 Å². The Morgan fingerprint density at radius 3 is 2.56 bits per heavy atom. The molecule has 5 heteroatoms. The minimum atomic E-state index is -0.557. The molecule has 1 atom stereocenters. The summed E-state index contributed by atoms with van der Waals surface area (Å²) in [6.07, 6.45) is 0.308. The van der Waals surface area contributed by atoms with E-state index in [9.17, 15) is 4.79 Å². The van der Waals surface area contributed by atoms with Crippen molar-refractivity contribution in [1.29, 1.82) is 0 Å². The number of methoxy groups -OCH3 is 1. The Morgan fingerprint density at radius 1 is 1.12 bits per heavy atom. The maximum Gasteiger partial charge on any atom is 0.260 e. The summed E-state index contributed by atoms with van der Waals surface area (Å²) in [5.74, 6) is 1.20. The molecule has 0 heterocycles. The topological polar surface area (TPSA) is 50.8 Å². The Balaban J connectivity index is 1.70. The third-order valence-corrected chi connectivity index (χ3v) is 3.89. The number of hydrogen-bond acceptors (Lipinski definition) is 4. The fourth-order valence-corrected chi connectivity index (χ4v) is 2.42. The fourth-order valence-electron chi connectivity index (χ4n) is 2.42. The van der Waals surface area contributed by atoms with E-state index >= 15 is 0 Å². The monoisotopic (exact) mass is 342 g/mol. The second-order valence-corrected chi connectivity index (χ2v) is 5.84. The quantitative estimate of drug-likeness (QED) is 0.712.